The Kier molecular flexibility index (Phi) is 5.09. The molecule has 0 fully saturated rings. The van der Waals surface area contributed by atoms with E-state index in [1.54, 1.807) is 30.3 Å². The van der Waals surface area contributed by atoms with Crippen molar-refractivity contribution >= 4 is 28.5 Å². The Morgan fingerprint density at radius 1 is 1.20 bits per heavy atom. The van der Waals surface area contributed by atoms with Crippen molar-refractivity contribution in [3.8, 4) is 0 Å². The summed E-state index contributed by atoms with van der Waals surface area (Å²) in [5.74, 6) is -0.949. The van der Waals surface area contributed by atoms with Crippen molar-refractivity contribution in [1.82, 2.24) is 9.55 Å². The maximum absolute atomic E-state index is 13.3. The second-order valence-electron chi connectivity index (χ2n) is 5.35. The first-order valence-corrected chi connectivity index (χ1v) is 8.02. The molecule has 0 bridgehead atoms. The highest BCUT2D eigenvalue weighted by Gasteiger charge is 2.11. The van der Waals surface area contributed by atoms with Gasteiger partial charge in [-0.25, -0.2) is 14.2 Å². The third-order valence-corrected chi connectivity index (χ3v) is 3.93. The van der Waals surface area contributed by atoms with Gasteiger partial charge >= 0.3 is 5.97 Å². The summed E-state index contributed by atoms with van der Waals surface area (Å²) in [7, 11) is 0. The lowest BCUT2D eigenvalue weighted by Gasteiger charge is -2.10. The molecule has 0 amide bonds. The van der Waals surface area contributed by atoms with Crippen LogP contribution in [0.1, 0.15) is 16.8 Å². The molecule has 3 aromatic rings. The lowest BCUT2D eigenvalue weighted by atomic mass is 10.2. The maximum atomic E-state index is 13.3. The topological polar surface area (TPSA) is 61.2 Å². The molecule has 128 valence electrons. The van der Waals surface area contributed by atoms with Crippen LogP contribution in [-0.4, -0.2) is 22.1 Å². The molecule has 0 spiro atoms. The van der Waals surface area contributed by atoms with Gasteiger partial charge in [-0.15, -0.1) is 0 Å². The van der Waals surface area contributed by atoms with Gasteiger partial charge in [0.25, 0.3) is 5.56 Å². The molecule has 2 aromatic carbocycles. The summed E-state index contributed by atoms with van der Waals surface area (Å²) in [6.45, 7) is 0.330. The van der Waals surface area contributed by atoms with E-state index in [0.29, 0.717) is 17.5 Å². The lowest BCUT2D eigenvalue weighted by Crippen LogP contribution is -2.23. The molecule has 25 heavy (non-hydrogen) atoms. The Hall–Kier alpha value is -2.73. The van der Waals surface area contributed by atoms with Crippen LogP contribution in [0.3, 0.4) is 0 Å². The van der Waals surface area contributed by atoms with Crippen LogP contribution in [-0.2, 0) is 11.3 Å². The average Bonchev–Trinajstić information content (AvgIpc) is 2.62. The zero-order chi connectivity index (χ0) is 17.8. The zero-order valence-electron chi connectivity index (χ0n) is 13.1. The van der Waals surface area contributed by atoms with Gasteiger partial charge in [0.2, 0.25) is 5.28 Å². The molecule has 1 heterocycles. The standard InChI is InChI=1S/C18H14ClFN2O3/c19-18-21-15-8-7-13(20)11-14(15)16(23)22(18)9-4-10-25-17(24)12-5-2-1-3-6-12/h1-3,5-8,11H,4,9-10H2. The molecule has 0 N–H and O–H groups in total. The van der Waals surface area contributed by atoms with E-state index in [0.717, 1.165) is 6.07 Å². The van der Waals surface area contributed by atoms with Crippen LogP contribution in [0.4, 0.5) is 4.39 Å². The minimum absolute atomic E-state index is 0.0125. The molecule has 5 nitrogen and oxygen atoms in total. The number of ether oxygens (including phenoxy) is 1. The second-order valence-corrected chi connectivity index (χ2v) is 5.69. The Bertz CT molecular complexity index is 973. The Labute approximate surface area is 147 Å². The van der Waals surface area contributed by atoms with Crippen molar-refractivity contribution in [2.24, 2.45) is 0 Å². The molecule has 1 aromatic heterocycles. The minimum Gasteiger partial charge on any atom is -0.462 e. The van der Waals surface area contributed by atoms with Gasteiger partial charge in [-0.1, -0.05) is 18.2 Å². The maximum Gasteiger partial charge on any atom is 0.338 e. The van der Waals surface area contributed by atoms with Gasteiger partial charge in [-0.3, -0.25) is 9.36 Å². The molecule has 0 saturated heterocycles. The van der Waals surface area contributed by atoms with Crippen molar-refractivity contribution in [2.45, 2.75) is 13.0 Å². The molecule has 3 rings (SSSR count). The lowest BCUT2D eigenvalue weighted by molar-refractivity contribution is 0.0495. The van der Waals surface area contributed by atoms with Gasteiger partial charge in [-0.05, 0) is 48.4 Å². The number of rotatable bonds is 5. The van der Waals surface area contributed by atoms with E-state index in [1.165, 1.54) is 16.7 Å². The van der Waals surface area contributed by atoms with E-state index in [-0.39, 0.29) is 23.8 Å². The fourth-order valence-electron chi connectivity index (χ4n) is 2.40. The number of nitrogens with zero attached hydrogens (tertiary/aromatic N) is 2. The predicted molar refractivity (Wildman–Crippen MR) is 92.3 cm³/mol. The third kappa shape index (κ3) is 3.85. The van der Waals surface area contributed by atoms with Crippen LogP contribution in [0.5, 0.6) is 0 Å². The molecule has 0 atom stereocenters. The number of aromatic nitrogens is 2. The number of fused-ring (bicyclic) bond motifs is 1. The minimum atomic E-state index is -0.517. The first kappa shape index (κ1) is 17.1. The normalized spacial score (nSPS) is 10.8. The van der Waals surface area contributed by atoms with Gasteiger partial charge in [0.05, 0.1) is 23.1 Å². The summed E-state index contributed by atoms with van der Waals surface area (Å²) >= 11 is 6.04. The Balaban J connectivity index is 1.67. The fourth-order valence-corrected chi connectivity index (χ4v) is 2.66. The van der Waals surface area contributed by atoms with Crippen molar-refractivity contribution < 1.29 is 13.9 Å². The summed E-state index contributed by atoms with van der Waals surface area (Å²) in [5, 5.41) is 0.171. The van der Waals surface area contributed by atoms with Crippen LogP contribution >= 0.6 is 11.6 Å². The van der Waals surface area contributed by atoms with Crippen LogP contribution in [0.25, 0.3) is 10.9 Å². The smallest absolute Gasteiger partial charge is 0.338 e. The van der Waals surface area contributed by atoms with Crippen molar-refractivity contribution in [1.29, 1.82) is 0 Å². The van der Waals surface area contributed by atoms with E-state index in [4.69, 9.17) is 16.3 Å². The Morgan fingerprint density at radius 2 is 1.96 bits per heavy atom. The Morgan fingerprint density at radius 3 is 2.72 bits per heavy atom. The summed E-state index contributed by atoms with van der Waals surface area (Å²) < 4.78 is 19.7. The second kappa shape index (κ2) is 7.44. The van der Waals surface area contributed by atoms with Crippen molar-refractivity contribution in [3.05, 3.63) is 75.5 Å². The number of hydrogen-bond acceptors (Lipinski definition) is 4. The van der Waals surface area contributed by atoms with Gasteiger partial charge in [0, 0.05) is 6.54 Å². The average molecular weight is 361 g/mol. The molecule has 0 radical (unpaired) electrons. The van der Waals surface area contributed by atoms with E-state index in [1.807, 2.05) is 0 Å². The SMILES string of the molecule is O=C(OCCCn1c(Cl)nc2ccc(F)cc2c1=O)c1ccccc1. The van der Waals surface area contributed by atoms with E-state index < -0.39 is 17.3 Å². The van der Waals surface area contributed by atoms with Gasteiger partial charge in [0.1, 0.15) is 5.82 Å². The number of halogens is 2. The van der Waals surface area contributed by atoms with Crippen LogP contribution in [0.15, 0.2) is 53.3 Å². The van der Waals surface area contributed by atoms with Gasteiger partial charge in [0.15, 0.2) is 0 Å². The third-order valence-electron chi connectivity index (χ3n) is 3.64. The molecule has 0 aliphatic rings. The van der Waals surface area contributed by atoms with Crippen molar-refractivity contribution in [3.63, 3.8) is 0 Å². The fraction of sp³-hybridized carbons (Fsp3) is 0.167. The number of carbonyl (C=O) groups is 1. The zero-order valence-corrected chi connectivity index (χ0v) is 13.9. The van der Waals surface area contributed by atoms with Crippen molar-refractivity contribution in [2.75, 3.05) is 6.61 Å². The van der Waals surface area contributed by atoms with Gasteiger partial charge < -0.3 is 4.74 Å². The largest absolute Gasteiger partial charge is 0.462 e. The molecular weight excluding hydrogens is 347 g/mol. The summed E-state index contributed by atoms with van der Waals surface area (Å²) in [4.78, 5) is 28.3. The first-order chi connectivity index (χ1) is 12.1. The molecule has 7 heteroatoms. The molecule has 0 unspecified atom stereocenters. The van der Waals surface area contributed by atoms with Crippen LogP contribution in [0.2, 0.25) is 5.28 Å². The molecule has 0 aliphatic heterocycles. The number of carbonyl (C=O) groups excluding carboxylic acids is 1. The number of esters is 1. The van der Waals surface area contributed by atoms with Gasteiger partial charge in [-0.2, -0.15) is 0 Å². The summed E-state index contributed by atoms with van der Waals surface area (Å²) in [6, 6.07) is 12.4. The molecule has 0 aliphatic carbocycles. The highest BCUT2D eigenvalue weighted by atomic mass is 35.5. The molecular formula is C18H14ClFN2O3. The van der Waals surface area contributed by atoms with E-state index in [9.17, 15) is 14.0 Å². The quantitative estimate of drug-likeness (QED) is 0.397. The molecule has 0 saturated carbocycles. The summed E-state index contributed by atoms with van der Waals surface area (Å²) in [6.07, 6.45) is 0.376. The first-order valence-electron chi connectivity index (χ1n) is 7.64. The van der Waals surface area contributed by atoms with Crippen LogP contribution < -0.4 is 5.56 Å². The van der Waals surface area contributed by atoms with E-state index in [2.05, 4.69) is 4.98 Å². The predicted octanol–water partition coefficient (Wildman–Crippen LogP) is 3.44. The number of benzene rings is 2. The van der Waals surface area contributed by atoms with Crippen LogP contribution in [0, 0.1) is 5.82 Å². The highest BCUT2D eigenvalue weighted by Crippen LogP contribution is 2.13. The monoisotopic (exact) mass is 360 g/mol. The number of hydrogen-bond donors (Lipinski definition) is 0. The highest BCUT2D eigenvalue weighted by molar-refractivity contribution is 6.28. The van der Waals surface area contributed by atoms with E-state index >= 15 is 0 Å². The summed E-state index contributed by atoms with van der Waals surface area (Å²) in [5.41, 5.74) is 0.368.